The molecular formula is C16H18N2O3. The Labute approximate surface area is 123 Å². The standard InChI is InChI=1S/C16H18N2O3/c1-16(2)7-8-17(15(16)21)9-10-18-13(19)11-5-3-4-6-12(11)14(18)20/h3-6H,7-10H2,1-2H3. The second-order valence-corrected chi connectivity index (χ2v) is 6.23. The highest BCUT2D eigenvalue weighted by Gasteiger charge is 2.40. The van der Waals surface area contributed by atoms with Crippen molar-refractivity contribution >= 4 is 17.7 Å². The molecule has 0 aromatic heterocycles. The molecule has 110 valence electrons. The van der Waals surface area contributed by atoms with E-state index in [2.05, 4.69) is 0 Å². The Morgan fingerprint density at radius 2 is 1.57 bits per heavy atom. The third-order valence-corrected chi connectivity index (χ3v) is 4.34. The lowest BCUT2D eigenvalue weighted by molar-refractivity contribution is -0.134. The molecule has 2 heterocycles. The number of carbonyl (C=O) groups is 3. The number of amides is 3. The number of imide groups is 1. The SMILES string of the molecule is CC1(C)CCN(CCN2C(=O)c3ccccc3C2=O)C1=O. The summed E-state index contributed by atoms with van der Waals surface area (Å²) in [4.78, 5) is 39.6. The summed E-state index contributed by atoms with van der Waals surface area (Å²) in [6.07, 6.45) is 0.813. The van der Waals surface area contributed by atoms with Crippen LogP contribution in [0.25, 0.3) is 0 Å². The fraction of sp³-hybridized carbons (Fsp3) is 0.438. The third-order valence-electron chi connectivity index (χ3n) is 4.34. The lowest BCUT2D eigenvalue weighted by Crippen LogP contribution is -2.40. The first kappa shape index (κ1) is 13.8. The van der Waals surface area contributed by atoms with Crippen molar-refractivity contribution in [2.75, 3.05) is 19.6 Å². The fourth-order valence-electron chi connectivity index (χ4n) is 2.93. The van der Waals surface area contributed by atoms with E-state index in [4.69, 9.17) is 0 Å². The first-order valence-corrected chi connectivity index (χ1v) is 7.16. The zero-order valence-corrected chi connectivity index (χ0v) is 12.3. The predicted molar refractivity (Wildman–Crippen MR) is 76.8 cm³/mol. The molecule has 0 spiro atoms. The Morgan fingerprint density at radius 3 is 2.05 bits per heavy atom. The molecule has 5 nitrogen and oxygen atoms in total. The molecule has 1 aromatic carbocycles. The molecule has 2 aliphatic rings. The van der Waals surface area contributed by atoms with Crippen molar-refractivity contribution in [3.63, 3.8) is 0 Å². The maximum Gasteiger partial charge on any atom is 0.261 e. The van der Waals surface area contributed by atoms with E-state index in [1.165, 1.54) is 4.90 Å². The average molecular weight is 286 g/mol. The summed E-state index contributed by atoms with van der Waals surface area (Å²) in [7, 11) is 0. The van der Waals surface area contributed by atoms with Gasteiger partial charge in [0.2, 0.25) is 5.91 Å². The molecule has 21 heavy (non-hydrogen) atoms. The van der Waals surface area contributed by atoms with Crippen molar-refractivity contribution in [3.05, 3.63) is 35.4 Å². The highest BCUT2D eigenvalue weighted by molar-refractivity contribution is 6.21. The molecular weight excluding hydrogens is 268 g/mol. The molecule has 0 radical (unpaired) electrons. The highest BCUT2D eigenvalue weighted by atomic mass is 16.2. The van der Waals surface area contributed by atoms with E-state index < -0.39 is 0 Å². The molecule has 1 saturated heterocycles. The molecule has 2 aliphatic heterocycles. The van der Waals surface area contributed by atoms with E-state index in [0.29, 0.717) is 24.2 Å². The summed E-state index contributed by atoms with van der Waals surface area (Å²) in [5.41, 5.74) is 0.577. The maximum absolute atomic E-state index is 12.2. The van der Waals surface area contributed by atoms with Gasteiger partial charge in [-0.1, -0.05) is 26.0 Å². The van der Waals surface area contributed by atoms with Gasteiger partial charge in [-0.05, 0) is 18.6 Å². The summed E-state index contributed by atoms with van der Waals surface area (Å²) in [6.45, 7) is 5.21. The number of benzene rings is 1. The van der Waals surface area contributed by atoms with Gasteiger partial charge >= 0.3 is 0 Å². The van der Waals surface area contributed by atoms with Crippen LogP contribution in [0.2, 0.25) is 0 Å². The minimum atomic E-state index is -0.331. The summed E-state index contributed by atoms with van der Waals surface area (Å²) >= 11 is 0. The van der Waals surface area contributed by atoms with Gasteiger partial charge in [0.15, 0.2) is 0 Å². The van der Waals surface area contributed by atoms with Gasteiger partial charge in [-0.2, -0.15) is 0 Å². The van der Waals surface area contributed by atoms with Gasteiger partial charge < -0.3 is 4.90 Å². The van der Waals surface area contributed by atoms with Crippen LogP contribution in [-0.2, 0) is 4.79 Å². The second kappa shape index (κ2) is 4.69. The van der Waals surface area contributed by atoms with Crippen LogP contribution >= 0.6 is 0 Å². The largest absolute Gasteiger partial charge is 0.340 e. The molecule has 3 amide bonds. The van der Waals surface area contributed by atoms with Crippen LogP contribution in [0, 0.1) is 5.41 Å². The van der Waals surface area contributed by atoms with Gasteiger partial charge in [-0.25, -0.2) is 0 Å². The minimum absolute atomic E-state index is 0.0964. The summed E-state index contributed by atoms with van der Waals surface area (Å²) in [6, 6.07) is 6.83. The number of hydrogen-bond donors (Lipinski definition) is 0. The second-order valence-electron chi connectivity index (χ2n) is 6.23. The molecule has 1 aromatic rings. The predicted octanol–water partition coefficient (Wildman–Crippen LogP) is 1.54. The summed E-state index contributed by atoms with van der Waals surface area (Å²) in [5.74, 6) is -0.429. The zero-order valence-electron chi connectivity index (χ0n) is 12.3. The molecule has 0 saturated carbocycles. The number of nitrogens with zero attached hydrogens (tertiary/aromatic N) is 2. The number of fused-ring (bicyclic) bond motifs is 1. The first-order valence-electron chi connectivity index (χ1n) is 7.16. The van der Waals surface area contributed by atoms with E-state index >= 15 is 0 Å². The minimum Gasteiger partial charge on any atom is -0.340 e. The van der Waals surface area contributed by atoms with E-state index in [1.54, 1.807) is 29.2 Å². The van der Waals surface area contributed by atoms with Gasteiger partial charge in [0.05, 0.1) is 11.1 Å². The molecule has 0 atom stereocenters. The van der Waals surface area contributed by atoms with E-state index in [1.807, 2.05) is 13.8 Å². The van der Waals surface area contributed by atoms with Gasteiger partial charge in [0, 0.05) is 25.0 Å². The average Bonchev–Trinajstić information content (AvgIpc) is 2.86. The molecule has 0 bridgehead atoms. The Bertz CT molecular complexity index is 601. The van der Waals surface area contributed by atoms with Crippen molar-refractivity contribution < 1.29 is 14.4 Å². The molecule has 0 aliphatic carbocycles. The van der Waals surface area contributed by atoms with Crippen molar-refractivity contribution in [2.24, 2.45) is 5.41 Å². The Balaban J connectivity index is 1.70. The van der Waals surface area contributed by atoms with Crippen LogP contribution in [0.15, 0.2) is 24.3 Å². The Kier molecular flexibility index (Phi) is 3.08. The molecule has 3 rings (SSSR count). The quantitative estimate of drug-likeness (QED) is 0.792. The number of carbonyl (C=O) groups excluding carboxylic acids is 3. The monoisotopic (exact) mass is 286 g/mol. The van der Waals surface area contributed by atoms with Gasteiger partial charge in [-0.3, -0.25) is 19.3 Å². The van der Waals surface area contributed by atoms with Crippen LogP contribution in [0.4, 0.5) is 0 Å². The van der Waals surface area contributed by atoms with E-state index in [-0.39, 0.29) is 29.7 Å². The smallest absolute Gasteiger partial charge is 0.261 e. The van der Waals surface area contributed by atoms with Crippen LogP contribution in [0.5, 0.6) is 0 Å². The topological polar surface area (TPSA) is 57.7 Å². The number of likely N-dealkylation sites (tertiary alicyclic amines) is 1. The van der Waals surface area contributed by atoms with Gasteiger partial charge in [-0.15, -0.1) is 0 Å². The van der Waals surface area contributed by atoms with E-state index in [0.717, 1.165) is 6.42 Å². The molecule has 5 heteroatoms. The Hall–Kier alpha value is -2.17. The van der Waals surface area contributed by atoms with Crippen molar-refractivity contribution in [1.29, 1.82) is 0 Å². The highest BCUT2D eigenvalue weighted by Crippen LogP contribution is 2.30. The van der Waals surface area contributed by atoms with Crippen LogP contribution in [0.1, 0.15) is 41.0 Å². The van der Waals surface area contributed by atoms with Gasteiger partial charge in [0.25, 0.3) is 11.8 Å². The lowest BCUT2D eigenvalue weighted by Gasteiger charge is -2.22. The van der Waals surface area contributed by atoms with Crippen molar-refractivity contribution in [3.8, 4) is 0 Å². The third kappa shape index (κ3) is 2.13. The maximum atomic E-state index is 12.2. The van der Waals surface area contributed by atoms with Gasteiger partial charge in [0.1, 0.15) is 0 Å². The van der Waals surface area contributed by atoms with Crippen molar-refractivity contribution in [1.82, 2.24) is 9.80 Å². The summed E-state index contributed by atoms with van der Waals surface area (Å²) < 4.78 is 0. The lowest BCUT2D eigenvalue weighted by atomic mass is 9.92. The summed E-state index contributed by atoms with van der Waals surface area (Å²) in [5, 5.41) is 0. The first-order chi connectivity index (χ1) is 9.92. The van der Waals surface area contributed by atoms with Crippen LogP contribution in [0.3, 0.4) is 0 Å². The fourth-order valence-corrected chi connectivity index (χ4v) is 2.93. The molecule has 0 unspecified atom stereocenters. The Morgan fingerprint density at radius 1 is 1.00 bits per heavy atom. The van der Waals surface area contributed by atoms with E-state index in [9.17, 15) is 14.4 Å². The number of rotatable bonds is 3. The van der Waals surface area contributed by atoms with Crippen LogP contribution in [-0.4, -0.2) is 47.2 Å². The van der Waals surface area contributed by atoms with Crippen LogP contribution < -0.4 is 0 Å². The van der Waals surface area contributed by atoms with Crippen molar-refractivity contribution in [2.45, 2.75) is 20.3 Å². The number of hydrogen-bond acceptors (Lipinski definition) is 3. The normalized spacial score (nSPS) is 20.4. The zero-order chi connectivity index (χ0) is 15.2. The molecule has 0 N–H and O–H groups in total. The molecule has 1 fully saturated rings.